The molecule has 1 N–H and O–H groups in total. The molecule has 1 amide bonds. The Labute approximate surface area is 184 Å². The number of carbonyl (C=O) groups excluding carboxylic acids is 1. The molecule has 1 fully saturated rings. The highest BCUT2D eigenvalue weighted by Crippen LogP contribution is 2.21. The Kier molecular flexibility index (Phi) is 6.95. The first-order valence-electron chi connectivity index (χ1n) is 10.9. The van der Waals surface area contributed by atoms with Crippen LogP contribution in [-0.4, -0.2) is 28.9 Å². The Morgan fingerprint density at radius 1 is 1.00 bits per heavy atom. The molecule has 0 aliphatic carbocycles. The Morgan fingerprint density at radius 2 is 1.71 bits per heavy atom. The number of likely N-dealkylation sites (tertiary alicyclic amines) is 1. The summed E-state index contributed by atoms with van der Waals surface area (Å²) in [5.41, 5.74) is 3.03. The van der Waals surface area contributed by atoms with Gasteiger partial charge in [0, 0.05) is 24.8 Å². The van der Waals surface area contributed by atoms with Gasteiger partial charge in [-0.25, -0.2) is 0 Å². The van der Waals surface area contributed by atoms with Crippen molar-refractivity contribution in [3.05, 3.63) is 89.7 Å². The van der Waals surface area contributed by atoms with Crippen molar-refractivity contribution in [1.29, 1.82) is 0 Å². The Balaban J connectivity index is 1.25. The summed E-state index contributed by atoms with van der Waals surface area (Å²) in [6.07, 6.45) is 5.93. The lowest BCUT2D eigenvalue weighted by molar-refractivity contribution is 0.0951. The number of hydrogen-bond donors (Lipinski definition) is 1. The molecule has 3 aromatic rings. The number of piperidine rings is 1. The first kappa shape index (κ1) is 21.1. The minimum Gasteiger partial charge on any atom is -0.456 e. The van der Waals surface area contributed by atoms with Crippen LogP contribution < -0.4 is 10.1 Å². The van der Waals surface area contributed by atoms with Crippen LogP contribution in [0.4, 0.5) is 0 Å². The van der Waals surface area contributed by atoms with Gasteiger partial charge in [-0.3, -0.25) is 14.7 Å². The Hall–Kier alpha value is -3.18. The molecule has 2 aromatic carbocycles. The number of nitrogens with one attached hydrogen (secondary N) is 1. The first-order chi connectivity index (χ1) is 15.2. The molecule has 1 aliphatic rings. The average molecular weight is 416 g/mol. The number of ether oxygens (including phenoxy) is 1. The van der Waals surface area contributed by atoms with Gasteiger partial charge in [0.2, 0.25) is 0 Å². The van der Waals surface area contributed by atoms with Crippen LogP contribution in [0.15, 0.2) is 73.1 Å². The molecule has 5 heteroatoms. The molecule has 0 atom stereocenters. The third-order valence-electron chi connectivity index (χ3n) is 5.75. The van der Waals surface area contributed by atoms with E-state index in [4.69, 9.17) is 4.74 Å². The monoisotopic (exact) mass is 415 g/mol. The van der Waals surface area contributed by atoms with E-state index >= 15 is 0 Å². The van der Waals surface area contributed by atoms with E-state index < -0.39 is 0 Å². The number of rotatable bonds is 7. The number of carbonyl (C=O) groups is 1. The van der Waals surface area contributed by atoms with Crippen molar-refractivity contribution in [2.24, 2.45) is 5.92 Å². The topological polar surface area (TPSA) is 54.5 Å². The van der Waals surface area contributed by atoms with Crippen LogP contribution in [0.25, 0.3) is 0 Å². The van der Waals surface area contributed by atoms with Crippen molar-refractivity contribution in [2.45, 2.75) is 32.9 Å². The Morgan fingerprint density at radius 3 is 2.39 bits per heavy atom. The first-order valence-corrected chi connectivity index (χ1v) is 10.9. The molecular formula is C26H29N3O2. The summed E-state index contributed by atoms with van der Waals surface area (Å²) in [6.45, 7) is 6.22. The highest BCUT2D eigenvalue weighted by Gasteiger charge is 2.15. The lowest BCUT2D eigenvalue weighted by Gasteiger charge is -2.30. The lowest BCUT2D eigenvalue weighted by atomic mass is 9.99. The van der Waals surface area contributed by atoms with Gasteiger partial charge >= 0.3 is 0 Å². The fraction of sp³-hybridized carbons (Fsp3) is 0.308. The zero-order chi connectivity index (χ0) is 21.5. The second kappa shape index (κ2) is 10.2. The van der Waals surface area contributed by atoms with E-state index in [0.29, 0.717) is 23.6 Å². The van der Waals surface area contributed by atoms with Crippen molar-refractivity contribution >= 4 is 5.91 Å². The van der Waals surface area contributed by atoms with Crippen LogP contribution >= 0.6 is 0 Å². The zero-order valence-electron chi connectivity index (χ0n) is 18.0. The van der Waals surface area contributed by atoms with Crippen LogP contribution in [0.3, 0.4) is 0 Å². The highest BCUT2D eigenvalue weighted by molar-refractivity contribution is 5.94. The summed E-state index contributed by atoms with van der Waals surface area (Å²) in [5, 5.41) is 2.99. The van der Waals surface area contributed by atoms with Crippen molar-refractivity contribution < 1.29 is 9.53 Å². The van der Waals surface area contributed by atoms with E-state index in [-0.39, 0.29) is 5.91 Å². The molecule has 31 heavy (non-hydrogen) atoms. The van der Waals surface area contributed by atoms with Crippen LogP contribution in [0, 0.1) is 5.92 Å². The predicted octanol–water partition coefficient (Wildman–Crippen LogP) is 5.04. The van der Waals surface area contributed by atoms with Gasteiger partial charge in [0.1, 0.15) is 11.5 Å². The van der Waals surface area contributed by atoms with Crippen LogP contribution in [-0.2, 0) is 13.1 Å². The second-order valence-electron chi connectivity index (χ2n) is 8.27. The third kappa shape index (κ3) is 6.15. The van der Waals surface area contributed by atoms with Crippen molar-refractivity contribution in [3.8, 4) is 11.5 Å². The van der Waals surface area contributed by atoms with Gasteiger partial charge in [0.25, 0.3) is 5.91 Å². The molecular weight excluding hydrogens is 386 g/mol. The van der Waals surface area contributed by atoms with Crippen molar-refractivity contribution in [1.82, 2.24) is 15.2 Å². The normalized spacial score (nSPS) is 14.9. The summed E-state index contributed by atoms with van der Waals surface area (Å²) in [7, 11) is 0. The van der Waals surface area contributed by atoms with E-state index in [1.54, 1.807) is 36.7 Å². The molecule has 1 aromatic heterocycles. The summed E-state index contributed by atoms with van der Waals surface area (Å²) < 4.78 is 5.72. The largest absolute Gasteiger partial charge is 0.456 e. The van der Waals surface area contributed by atoms with Gasteiger partial charge in [-0.05, 0) is 79.4 Å². The fourth-order valence-corrected chi connectivity index (χ4v) is 3.74. The van der Waals surface area contributed by atoms with E-state index in [1.807, 2.05) is 12.1 Å². The molecule has 0 bridgehead atoms. The third-order valence-corrected chi connectivity index (χ3v) is 5.75. The molecule has 1 saturated heterocycles. The second-order valence-corrected chi connectivity index (χ2v) is 8.27. The molecule has 0 radical (unpaired) electrons. The van der Waals surface area contributed by atoms with E-state index in [2.05, 4.69) is 46.4 Å². The Bertz CT molecular complexity index is 964. The standard InChI is InChI=1S/C26H29N3O2/c1-20-12-15-29(16-13-20)19-22-6-4-21(5-7-22)17-28-26(30)23-8-10-24(11-9-23)31-25-3-2-14-27-18-25/h2-11,14,18,20H,12-13,15-17,19H2,1H3,(H,28,30). The van der Waals surface area contributed by atoms with Gasteiger partial charge in [-0.2, -0.15) is 0 Å². The lowest BCUT2D eigenvalue weighted by Crippen LogP contribution is -2.32. The average Bonchev–Trinajstić information content (AvgIpc) is 2.81. The van der Waals surface area contributed by atoms with E-state index in [0.717, 1.165) is 18.0 Å². The van der Waals surface area contributed by atoms with Crippen LogP contribution in [0.1, 0.15) is 41.3 Å². The number of benzene rings is 2. The molecule has 2 heterocycles. The highest BCUT2D eigenvalue weighted by atomic mass is 16.5. The van der Waals surface area contributed by atoms with Crippen LogP contribution in [0.5, 0.6) is 11.5 Å². The number of pyridine rings is 1. The van der Waals surface area contributed by atoms with Gasteiger partial charge < -0.3 is 10.1 Å². The maximum atomic E-state index is 12.5. The van der Waals surface area contributed by atoms with E-state index in [9.17, 15) is 4.79 Å². The molecule has 1 aliphatic heterocycles. The molecule has 4 rings (SSSR count). The minimum absolute atomic E-state index is 0.0977. The molecule has 0 spiro atoms. The zero-order valence-corrected chi connectivity index (χ0v) is 18.0. The van der Waals surface area contributed by atoms with Crippen LogP contribution in [0.2, 0.25) is 0 Å². The van der Waals surface area contributed by atoms with Gasteiger partial charge in [0.05, 0.1) is 6.20 Å². The maximum absolute atomic E-state index is 12.5. The quantitative estimate of drug-likeness (QED) is 0.588. The van der Waals surface area contributed by atoms with Crippen molar-refractivity contribution in [2.75, 3.05) is 13.1 Å². The summed E-state index contributed by atoms with van der Waals surface area (Å²) >= 11 is 0. The van der Waals surface area contributed by atoms with Gasteiger partial charge in [-0.1, -0.05) is 31.2 Å². The molecule has 160 valence electrons. The molecule has 0 saturated carbocycles. The molecule has 5 nitrogen and oxygen atoms in total. The number of hydrogen-bond acceptors (Lipinski definition) is 4. The SMILES string of the molecule is CC1CCN(Cc2ccc(CNC(=O)c3ccc(Oc4cccnc4)cc3)cc2)CC1. The van der Waals surface area contributed by atoms with Crippen molar-refractivity contribution in [3.63, 3.8) is 0 Å². The number of amides is 1. The van der Waals surface area contributed by atoms with E-state index in [1.165, 1.54) is 31.5 Å². The summed E-state index contributed by atoms with van der Waals surface area (Å²) in [6, 6.07) is 19.3. The van der Waals surface area contributed by atoms with Gasteiger partial charge in [-0.15, -0.1) is 0 Å². The minimum atomic E-state index is -0.0977. The smallest absolute Gasteiger partial charge is 0.251 e. The van der Waals surface area contributed by atoms with Gasteiger partial charge in [0.15, 0.2) is 0 Å². The summed E-state index contributed by atoms with van der Waals surface area (Å²) in [4.78, 5) is 19.0. The maximum Gasteiger partial charge on any atom is 0.251 e. The fourth-order valence-electron chi connectivity index (χ4n) is 3.74. The summed E-state index contributed by atoms with van der Waals surface area (Å²) in [5.74, 6) is 2.09. The number of aromatic nitrogens is 1. The number of nitrogens with zero attached hydrogens (tertiary/aromatic N) is 2. The molecule has 0 unspecified atom stereocenters. The predicted molar refractivity (Wildman–Crippen MR) is 122 cm³/mol.